The van der Waals surface area contributed by atoms with Crippen LogP contribution in [0.2, 0.25) is 0 Å². The fourth-order valence-corrected chi connectivity index (χ4v) is 6.86. The molecular formula is C27H29N3O7S2. The van der Waals surface area contributed by atoms with Crippen molar-refractivity contribution in [2.24, 2.45) is 0 Å². The van der Waals surface area contributed by atoms with E-state index in [0.717, 1.165) is 53.2 Å². The van der Waals surface area contributed by atoms with Crippen LogP contribution in [-0.2, 0) is 19.5 Å². The van der Waals surface area contributed by atoms with Crippen LogP contribution >= 0.6 is 11.3 Å². The maximum atomic E-state index is 12.9. The molecule has 0 radical (unpaired) electrons. The minimum atomic E-state index is -4.32. The number of rotatable bonds is 7. The summed E-state index contributed by atoms with van der Waals surface area (Å²) in [4.78, 5) is 3.25. The van der Waals surface area contributed by atoms with Crippen molar-refractivity contribution < 1.29 is 33.2 Å². The second-order valence-electron chi connectivity index (χ2n) is 9.43. The van der Waals surface area contributed by atoms with Crippen molar-refractivity contribution in [3.63, 3.8) is 0 Å². The SMILES string of the molecule is N#C/C(=C\c1ccc(-c2ccc3cc(N4CCOCC4)ccc3c2)s1)S(=O)(=O)NC1CO[C@H](CO)[C@@H](O)[C@@H]1O. The number of allylic oxidation sites excluding steroid dienone is 1. The first-order valence-corrected chi connectivity index (χ1v) is 14.8. The summed E-state index contributed by atoms with van der Waals surface area (Å²) in [5.74, 6) is 0. The summed E-state index contributed by atoms with van der Waals surface area (Å²) in [7, 11) is -4.32. The van der Waals surface area contributed by atoms with Gasteiger partial charge in [0.05, 0.1) is 32.5 Å². The van der Waals surface area contributed by atoms with Crippen LogP contribution in [0.25, 0.3) is 27.3 Å². The van der Waals surface area contributed by atoms with Gasteiger partial charge in [0.1, 0.15) is 24.4 Å². The number of nitrogens with zero attached hydrogens (tertiary/aromatic N) is 2. The molecule has 3 heterocycles. The Kier molecular flexibility index (Phi) is 8.32. The number of aliphatic hydroxyl groups excluding tert-OH is 3. The van der Waals surface area contributed by atoms with Crippen LogP contribution in [0.4, 0.5) is 5.69 Å². The summed E-state index contributed by atoms with van der Waals surface area (Å²) in [6, 6.07) is 16.7. The smallest absolute Gasteiger partial charge is 0.251 e. The molecule has 39 heavy (non-hydrogen) atoms. The number of aliphatic hydroxyl groups is 3. The van der Waals surface area contributed by atoms with Gasteiger partial charge in [-0.25, -0.2) is 13.1 Å². The van der Waals surface area contributed by atoms with Crippen LogP contribution in [0, 0.1) is 11.3 Å². The number of sulfonamides is 1. The molecule has 10 nitrogen and oxygen atoms in total. The number of benzene rings is 2. The number of anilines is 1. The first-order valence-electron chi connectivity index (χ1n) is 12.5. The van der Waals surface area contributed by atoms with Gasteiger partial charge in [0.2, 0.25) is 0 Å². The molecule has 1 aromatic heterocycles. The van der Waals surface area contributed by atoms with Crippen LogP contribution in [-0.4, -0.2) is 87.6 Å². The number of nitrogens with one attached hydrogen (secondary N) is 1. The van der Waals surface area contributed by atoms with Crippen molar-refractivity contribution in [3.05, 3.63) is 58.3 Å². The summed E-state index contributed by atoms with van der Waals surface area (Å²) in [6.45, 7) is 2.40. The van der Waals surface area contributed by atoms with Crippen molar-refractivity contribution in [1.82, 2.24) is 4.72 Å². The molecule has 1 unspecified atom stereocenters. The molecule has 5 rings (SSSR count). The van der Waals surface area contributed by atoms with Gasteiger partial charge in [-0.05, 0) is 52.7 Å². The Morgan fingerprint density at radius 2 is 1.85 bits per heavy atom. The molecule has 0 saturated carbocycles. The lowest BCUT2D eigenvalue weighted by Crippen LogP contribution is -2.59. The molecule has 2 saturated heterocycles. The van der Waals surface area contributed by atoms with Gasteiger partial charge >= 0.3 is 0 Å². The minimum Gasteiger partial charge on any atom is -0.394 e. The Bertz CT molecular complexity index is 1510. The van der Waals surface area contributed by atoms with E-state index in [4.69, 9.17) is 9.47 Å². The molecule has 2 aliphatic heterocycles. The summed E-state index contributed by atoms with van der Waals surface area (Å²) in [6.07, 6.45) is -2.72. The molecule has 2 aliphatic rings. The number of thiophene rings is 1. The van der Waals surface area contributed by atoms with Crippen molar-refractivity contribution in [2.45, 2.75) is 24.4 Å². The monoisotopic (exact) mass is 571 g/mol. The topological polar surface area (TPSA) is 152 Å². The normalized spacial score (nSPS) is 24.6. The van der Waals surface area contributed by atoms with E-state index in [1.165, 1.54) is 17.4 Å². The van der Waals surface area contributed by atoms with Crippen LogP contribution in [0.3, 0.4) is 0 Å². The zero-order valence-corrected chi connectivity index (χ0v) is 22.6. The lowest BCUT2D eigenvalue weighted by Gasteiger charge is -2.36. The standard InChI is InChI=1S/C27H29N3O7S2/c28-14-22(39(34,35)29-23-16-37-24(15-31)27(33)26(23)32)13-21-5-6-25(38-21)19-2-1-18-12-20(4-3-17(18)11-19)30-7-9-36-10-8-30/h1-6,11-13,23-24,26-27,29,31-33H,7-10,15-16H2/b22-13+/t23?,24-,26-,27-/m1/s1. The van der Waals surface area contributed by atoms with Crippen molar-refractivity contribution in [2.75, 3.05) is 44.4 Å². The Balaban J connectivity index is 1.33. The highest BCUT2D eigenvalue weighted by Crippen LogP contribution is 2.33. The number of hydrogen-bond acceptors (Lipinski definition) is 10. The second kappa shape index (κ2) is 11.7. The zero-order chi connectivity index (χ0) is 27.6. The first kappa shape index (κ1) is 27.7. The molecular weight excluding hydrogens is 542 g/mol. The average Bonchev–Trinajstić information content (AvgIpc) is 3.43. The molecule has 206 valence electrons. The molecule has 2 aromatic carbocycles. The van der Waals surface area contributed by atoms with Crippen molar-refractivity contribution >= 4 is 43.9 Å². The summed E-state index contributed by atoms with van der Waals surface area (Å²) < 4.78 is 38.7. The van der Waals surface area contributed by atoms with E-state index in [9.17, 15) is 29.0 Å². The van der Waals surface area contributed by atoms with Crippen LogP contribution in [0.1, 0.15) is 4.88 Å². The van der Waals surface area contributed by atoms with Gasteiger partial charge < -0.3 is 29.7 Å². The van der Waals surface area contributed by atoms with E-state index in [-0.39, 0.29) is 6.61 Å². The predicted molar refractivity (Wildman–Crippen MR) is 149 cm³/mol. The van der Waals surface area contributed by atoms with E-state index < -0.39 is 45.9 Å². The number of hydrogen-bond donors (Lipinski definition) is 4. The van der Waals surface area contributed by atoms with Crippen LogP contribution in [0.15, 0.2) is 53.4 Å². The highest BCUT2D eigenvalue weighted by atomic mass is 32.2. The van der Waals surface area contributed by atoms with E-state index in [2.05, 4.69) is 40.0 Å². The molecule has 4 N–H and O–H groups in total. The van der Waals surface area contributed by atoms with Crippen molar-refractivity contribution in [1.29, 1.82) is 5.26 Å². The fraction of sp³-hybridized carbons (Fsp3) is 0.370. The lowest BCUT2D eigenvalue weighted by atomic mass is 9.99. The van der Waals surface area contributed by atoms with E-state index in [0.29, 0.717) is 4.88 Å². The highest BCUT2D eigenvalue weighted by Gasteiger charge is 2.40. The largest absolute Gasteiger partial charge is 0.394 e. The van der Waals surface area contributed by atoms with E-state index in [1.807, 2.05) is 12.1 Å². The zero-order valence-electron chi connectivity index (χ0n) is 20.9. The van der Waals surface area contributed by atoms with Gasteiger partial charge in [-0.2, -0.15) is 5.26 Å². The summed E-state index contributed by atoms with van der Waals surface area (Å²) >= 11 is 1.35. The van der Waals surface area contributed by atoms with Gasteiger partial charge in [-0.15, -0.1) is 11.3 Å². The lowest BCUT2D eigenvalue weighted by molar-refractivity contribution is -0.158. The van der Waals surface area contributed by atoms with Gasteiger partial charge in [0, 0.05) is 28.5 Å². The highest BCUT2D eigenvalue weighted by molar-refractivity contribution is 7.93. The molecule has 2 fully saturated rings. The summed E-state index contributed by atoms with van der Waals surface area (Å²) in [5, 5.41) is 41.3. The molecule has 0 aliphatic carbocycles. The molecule has 12 heteroatoms. The first-order chi connectivity index (χ1) is 18.8. The van der Waals surface area contributed by atoms with Gasteiger partial charge in [0.25, 0.3) is 10.0 Å². The third-order valence-electron chi connectivity index (χ3n) is 6.90. The molecule has 4 atom stereocenters. The Hall–Kier alpha value is -2.86. The predicted octanol–water partition coefficient (Wildman–Crippen LogP) is 1.67. The molecule has 0 amide bonds. The Morgan fingerprint density at radius 3 is 2.59 bits per heavy atom. The maximum absolute atomic E-state index is 12.9. The number of nitriles is 1. The molecule has 0 bridgehead atoms. The molecule has 3 aromatic rings. The van der Waals surface area contributed by atoms with Crippen molar-refractivity contribution in [3.8, 4) is 16.5 Å². The minimum absolute atomic E-state index is 0.263. The maximum Gasteiger partial charge on any atom is 0.251 e. The van der Waals surface area contributed by atoms with E-state index in [1.54, 1.807) is 12.1 Å². The van der Waals surface area contributed by atoms with E-state index >= 15 is 0 Å². The third kappa shape index (κ3) is 6.01. The number of ether oxygens (including phenoxy) is 2. The fourth-order valence-electron chi connectivity index (χ4n) is 4.70. The van der Waals surface area contributed by atoms with Crippen LogP contribution < -0.4 is 9.62 Å². The Morgan fingerprint density at radius 1 is 1.10 bits per heavy atom. The quantitative estimate of drug-likeness (QED) is 0.310. The van der Waals surface area contributed by atoms with Gasteiger partial charge in [-0.1, -0.05) is 18.2 Å². The number of morpholine rings is 1. The Labute approximate surface area is 230 Å². The summed E-state index contributed by atoms with van der Waals surface area (Å²) in [5.41, 5.74) is 2.14. The van der Waals surface area contributed by atoms with Crippen LogP contribution in [0.5, 0.6) is 0 Å². The third-order valence-corrected chi connectivity index (χ3v) is 9.39. The van der Waals surface area contributed by atoms with Gasteiger partial charge in [0.15, 0.2) is 4.91 Å². The van der Waals surface area contributed by atoms with Gasteiger partial charge in [-0.3, -0.25) is 0 Å². The average molecular weight is 572 g/mol. The second-order valence-corrected chi connectivity index (χ2v) is 12.2. The number of fused-ring (bicyclic) bond motifs is 1. The molecule has 0 spiro atoms.